The number of aliphatic imine (C=N–C) groups is 1. The minimum atomic E-state index is 0.628. The van der Waals surface area contributed by atoms with Gasteiger partial charge in [-0.1, -0.05) is 23.7 Å². The fourth-order valence-electron chi connectivity index (χ4n) is 2.76. The highest BCUT2D eigenvalue weighted by Gasteiger charge is 2.30. The lowest BCUT2D eigenvalue weighted by molar-refractivity contribution is 0.302. The number of nitrogens with two attached hydrogens (primary N) is 1. The van der Waals surface area contributed by atoms with E-state index < -0.39 is 0 Å². The van der Waals surface area contributed by atoms with Crippen LogP contribution in [0.2, 0.25) is 5.02 Å². The summed E-state index contributed by atoms with van der Waals surface area (Å²) in [6, 6.07) is 7.77. The number of nitrogens with one attached hydrogen (secondary N) is 1. The summed E-state index contributed by atoms with van der Waals surface area (Å²) < 4.78 is 1.76. The van der Waals surface area contributed by atoms with Gasteiger partial charge >= 0.3 is 0 Å². The molecular weight excluding hydrogens is 326 g/mol. The van der Waals surface area contributed by atoms with E-state index in [4.69, 9.17) is 17.4 Å². The van der Waals surface area contributed by atoms with Crippen molar-refractivity contribution in [1.29, 1.82) is 0 Å². The number of fused-ring (bicyclic) bond motifs is 1. The van der Waals surface area contributed by atoms with E-state index in [2.05, 4.69) is 15.5 Å². The zero-order valence-electron chi connectivity index (χ0n) is 13.0. The number of hydrogen-bond donors (Lipinski definition) is 2. The summed E-state index contributed by atoms with van der Waals surface area (Å²) in [5, 5.41) is 8.39. The summed E-state index contributed by atoms with van der Waals surface area (Å²) in [7, 11) is 1.88. The van der Waals surface area contributed by atoms with E-state index in [1.54, 1.807) is 17.2 Å². The largest absolute Gasteiger partial charge is 0.295 e. The number of nitrogens with zero attached hydrogens (tertiary/aromatic N) is 5. The van der Waals surface area contributed by atoms with Gasteiger partial charge in [-0.3, -0.25) is 20.1 Å². The van der Waals surface area contributed by atoms with E-state index in [0.29, 0.717) is 11.6 Å². The maximum Gasteiger partial charge on any atom is 0.117 e. The summed E-state index contributed by atoms with van der Waals surface area (Å²) in [6.45, 7) is 0.628. The Balaban J connectivity index is 1.69. The number of hydrogen-bond acceptors (Lipinski definition) is 6. The first-order chi connectivity index (χ1) is 11.6. The first-order valence-electron chi connectivity index (χ1n) is 7.41. The average molecular weight is 342 g/mol. The summed E-state index contributed by atoms with van der Waals surface area (Å²) in [4.78, 5) is 4.47. The van der Waals surface area contributed by atoms with Crippen LogP contribution in [0.5, 0.6) is 0 Å². The molecule has 0 aliphatic carbocycles. The molecule has 0 saturated carbocycles. The molecule has 7 nitrogen and oxygen atoms in total. The predicted molar refractivity (Wildman–Crippen MR) is 92.9 cm³/mol. The van der Waals surface area contributed by atoms with E-state index >= 15 is 0 Å². The van der Waals surface area contributed by atoms with E-state index in [1.807, 2.05) is 48.7 Å². The standard InChI is InChI=1S/C16H16ClN7/c1-22-8-12(6-20-22)15-16-14(9-23(18)10-19-16)24(21-15)7-11-3-2-4-13(17)5-11/h2-6,8-10,21H,7,18H2,1H3. The molecule has 8 heteroatoms. The summed E-state index contributed by atoms with van der Waals surface area (Å²) in [5.41, 5.74) is 8.10. The lowest BCUT2D eigenvalue weighted by Gasteiger charge is -2.24. The van der Waals surface area contributed by atoms with Gasteiger partial charge in [0.15, 0.2) is 0 Å². The minimum absolute atomic E-state index is 0.628. The molecule has 0 amide bonds. The van der Waals surface area contributed by atoms with Crippen LogP contribution in [-0.2, 0) is 13.6 Å². The van der Waals surface area contributed by atoms with Gasteiger partial charge in [-0.15, -0.1) is 0 Å². The molecule has 2 aliphatic heterocycles. The summed E-state index contributed by atoms with van der Waals surface area (Å²) in [5.74, 6) is 5.85. The highest BCUT2D eigenvalue weighted by molar-refractivity contribution is 6.30. The van der Waals surface area contributed by atoms with Gasteiger partial charge in [0.1, 0.15) is 17.7 Å². The Labute approximate surface area is 144 Å². The van der Waals surface area contributed by atoms with E-state index in [9.17, 15) is 0 Å². The maximum atomic E-state index is 6.09. The Morgan fingerprint density at radius 1 is 1.33 bits per heavy atom. The van der Waals surface area contributed by atoms with E-state index in [0.717, 1.165) is 28.2 Å². The molecule has 3 N–H and O–H groups in total. The molecule has 1 aromatic heterocycles. The molecule has 122 valence electrons. The molecule has 24 heavy (non-hydrogen) atoms. The fraction of sp³-hybridized carbons (Fsp3) is 0.125. The van der Waals surface area contributed by atoms with Crippen LogP contribution in [0.15, 0.2) is 59.2 Å². The summed E-state index contributed by atoms with van der Waals surface area (Å²) in [6.07, 6.45) is 7.17. The molecule has 0 atom stereocenters. The first kappa shape index (κ1) is 14.8. The smallest absolute Gasteiger partial charge is 0.117 e. The van der Waals surface area contributed by atoms with Gasteiger partial charge in [0.05, 0.1) is 18.4 Å². The molecule has 0 spiro atoms. The molecule has 2 aromatic rings. The minimum Gasteiger partial charge on any atom is -0.295 e. The second-order valence-electron chi connectivity index (χ2n) is 5.66. The molecule has 2 aliphatic rings. The third kappa shape index (κ3) is 2.64. The van der Waals surface area contributed by atoms with Crippen LogP contribution >= 0.6 is 11.6 Å². The summed E-state index contributed by atoms with van der Waals surface area (Å²) >= 11 is 6.09. The highest BCUT2D eigenvalue weighted by Crippen LogP contribution is 2.33. The van der Waals surface area contributed by atoms with Crippen LogP contribution in [0.25, 0.3) is 5.70 Å². The van der Waals surface area contributed by atoms with Crippen LogP contribution in [0, 0.1) is 0 Å². The Bertz CT molecular complexity index is 880. The third-order valence-electron chi connectivity index (χ3n) is 3.83. The highest BCUT2D eigenvalue weighted by atomic mass is 35.5. The Hall–Kier alpha value is -2.77. The lowest BCUT2D eigenvalue weighted by Crippen LogP contribution is -2.33. The lowest BCUT2D eigenvalue weighted by atomic mass is 10.2. The zero-order chi connectivity index (χ0) is 16.7. The van der Waals surface area contributed by atoms with Crippen molar-refractivity contribution in [3.63, 3.8) is 0 Å². The number of benzene rings is 1. The number of hydrazine groups is 2. The first-order valence-corrected chi connectivity index (χ1v) is 7.79. The molecule has 0 fully saturated rings. The molecule has 0 saturated heterocycles. The topological polar surface area (TPSA) is 74.7 Å². The van der Waals surface area contributed by atoms with Crippen molar-refractivity contribution < 1.29 is 0 Å². The van der Waals surface area contributed by atoms with E-state index in [-0.39, 0.29) is 0 Å². The van der Waals surface area contributed by atoms with E-state index in [1.165, 1.54) is 5.01 Å². The number of halogens is 1. The van der Waals surface area contributed by atoms with Gasteiger partial charge in [0.25, 0.3) is 0 Å². The molecule has 0 bridgehead atoms. The quantitative estimate of drug-likeness (QED) is 0.833. The van der Waals surface area contributed by atoms with Gasteiger partial charge < -0.3 is 0 Å². The molecule has 0 unspecified atom stereocenters. The maximum absolute atomic E-state index is 6.09. The SMILES string of the molecule is Cn1cc(C2=C3N=CN(N)C=C3N(Cc3cccc(Cl)c3)N2)cn1. The monoisotopic (exact) mass is 341 g/mol. The Kier molecular flexibility index (Phi) is 3.51. The second-order valence-corrected chi connectivity index (χ2v) is 6.10. The molecular formula is C16H16ClN7. The van der Waals surface area contributed by atoms with Crippen molar-refractivity contribution in [2.45, 2.75) is 6.54 Å². The third-order valence-corrected chi connectivity index (χ3v) is 4.07. The van der Waals surface area contributed by atoms with Gasteiger partial charge in [0.2, 0.25) is 0 Å². The van der Waals surface area contributed by atoms with Gasteiger partial charge in [0, 0.05) is 30.0 Å². The number of aryl methyl sites for hydroxylation is 1. The second kappa shape index (κ2) is 5.70. The van der Waals surface area contributed by atoms with Gasteiger partial charge in [-0.05, 0) is 17.7 Å². The molecule has 0 radical (unpaired) electrons. The van der Waals surface area contributed by atoms with Crippen LogP contribution in [-0.4, -0.2) is 26.1 Å². The van der Waals surface area contributed by atoms with Crippen molar-refractivity contribution in [3.05, 3.63) is 70.4 Å². The fourth-order valence-corrected chi connectivity index (χ4v) is 2.97. The van der Waals surface area contributed by atoms with Crippen LogP contribution < -0.4 is 11.3 Å². The zero-order valence-corrected chi connectivity index (χ0v) is 13.8. The van der Waals surface area contributed by atoms with Gasteiger partial charge in [-0.2, -0.15) is 5.10 Å². The van der Waals surface area contributed by atoms with Crippen molar-refractivity contribution in [3.8, 4) is 0 Å². The van der Waals surface area contributed by atoms with Crippen LogP contribution in [0.4, 0.5) is 0 Å². The molecule has 4 rings (SSSR count). The Morgan fingerprint density at radius 3 is 2.96 bits per heavy atom. The average Bonchev–Trinajstić information content (AvgIpc) is 3.12. The van der Waals surface area contributed by atoms with Gasteiger partial charge in [-0.25, -0.2) is 10.8 Å². The molecule has 1 aromatic carbocycles. The van der Waals surface area contributed by atoms with Crippen LogP contribution in [0.1, 0.15) is 11.1 Å². The predicted octanol–water partition coefficient (Wildman–Crippen LogP) is 1.82. The van der Waals surface area contributed by atoms with Crippen molar-refractivity contribution >= 4 is 23.6 Å². The van der Waals surface area contributed by atoms with Crippen molar-refractivity contribution in [2.75, 3.05) is 0 Å². The Morgan fingerprint density at radius 2 is 2.21 bits per heavy atom. The van der Waals surface area contributed by atoms with Crippen molar-refractivity contribution in [2.24, 2.45) is 17.9 Å². The number of aromatic nitrogens is 2. The van der Waals surface area contributed by atoms with Crippen molar-refractivity contribution in [1.82, 2.24) is 25.2 Å². The normalized spacial score (nSPS) is 16.4. The van der Waals surface area contributed by atoms with Crippen LogP contribution in [0.3, 0.4) is 0 Å². The molecule has 3 heterocycles. The number of rotatable bonds is 3.